The van der Waals surface area contributed by atoms with Crippen LogP contribution >= 0.6 is 0 Å². The molecule has 5 nitrogen and oxygen atoms in total. The maximum Gasteiger partial charge on any atom is 0.336 e. The molecule has 1 fully saturated rings. The number of aliphatic hydroxyl groups is 2. The van der Waals surface area contributed by atoms with Crippen LogP contribution in [0.25, 0.3) is 0 Å². The predicted octanol–water partition coefficient (Wildman–Crippen LogP) is 4.22. The third-order valence-corrected chi connectivity index (χ3v) is 7.24. The van der Waals surface area contributed by atoms with Crippen molar-refractivity contribution in [1.82, 2.24) is 4.90 Å². The van der Waals surface area contributed by atoms with Crippen LogP contribution in [0.2, 0.25) is 0 Å². The fourth-order valence-electron chi connectivity index (χ4n) is 5.20. The summed E-state index contributed by atoms with van der Waals surface area (Å²) in [6.07, 6.45) is 10.2. The Morgan fingerprint density at radius 1 is 1.20 bits per heavy atom. The number of rotatable bonds is 4. The molecular formula is C25H31NO4. The summed E-state index contributed by atoms with van der Waals surface area (Å²) in [6.45, 7) is 5.09. The van der Waals surface area contributed by atoms with Crippen LogP contribution in [0.1, 0.15) is 56.2 Å². The molecule has 3 aliphatic rings. The molecule has 0 radical (unpaired) electrons. The lowest BCUT2D eigenvalue weighted by molar-refractivity contribution is -0.133. The monoisotopic (exact) mass is 409 g/mol. The molecule has 0 saturated heterocycles. The van der Waals surface area contributed by atoms with Crippen LogP contribution in [-0.4, -0.2) is 38.8 Å². The van der Waals surface area contributed by atoms with Gasteiger partial charge in [0.15, 0.2) is 0 Å². The quantitative estimate of drug-likeness (QED) is 0.649. The Hall–Kier alpha value is -2.53. The molecule has 1 aromatic carbocycles. The van der Waals surface area contributed by atoms with E-state index in [9.17, 15) is 20.1 Å². The Labute approximate surface area is 178 Å². The molecule has 30 heavy (non-hydrogen) atoms. The normalized spacial score (nSPS) is 25.7. The molecule has 0 bridgehead atoms. The molecule has 0 aromatic heterocycles. The first kappa shape index (κ1) is 20.7. The van der Waals surface area contributed by atoms with E-state index in [1.807, 2.05) is 0 Å². The van der Waals surface area contributed by atoms with Crippen LogP contribution in [-0.2, 0) is 23.1 Å². The third kappa shape index (κ3) is 3.79. The van der Waals surface area contributed by atoms with Gasteiger partial charge in [0.05, 0.1) is 5.57 Å². The Kier molecular flexibility index (Phi) is 5.49. The highest BCUT2D eigenvalue weighted by Crippen LogP contribution is 2.43. The number of aliphatic hydroxyl groups excluding tert-OH is 2. The molecule has 1 heterocycles. The zero-order chi connectivity index (χ0) is 21.5. The number of carboxylic acid groups (broad SMARTS) is 1. The standard InChI is InChI=1S/C25H31NO4/c1-16-5-6-18-7-8-20(12-19(18)11-17(16)2)25(9-3-4-10-25)15-26-13-21(24(29)30)23(28)22(27)14-26/h5,7-8,12-14,17,23,27-28H,3-4,6,9-11,15H2,1-2H3,(H,29,30)/t17-,23?/m0/s1. The van der Waals surface area contributed by atoms with Crippen LogP contribution < -0.4 is 0 Å². The number of nitrogens with zero attached hydrogens (tertiary/aromatic N) is 1. The van der Waals surface area contributed by atoms with Crippen molar-refractivity contribution in [3.8, 4) is 0 Å². The van der Waals surface area contributed by atoms with Gasteiger partial charge in [-0.25, -0.2) is 4.79 Å². The summed E-state index contributed by atoms with van der Waals surface area (Å²) in [5, 5.41) is 29.5. The summed E-state index contributed by atoms with van der Waals surface area (Å²) in [5.74, 6) is -1.000. The van der Waals surface area contributed by atoms with E-state index in [4.69, 9.17) is 0 Å². The summed E-state index contributed by atoms with van der Waals surface area (Å²) in [7, 11) is 0. The van der Waals surface area contributed by atoms with Crippen molar-refractivity contribution in [1.29, 1.82) is 0 Å². The first-order valence-electron chi connectivity index (χ1n) is 10.9. The van der Waals surface area contributed by atoms with Gasteiger partial charge >= 0.3 is 5.97 Å². The second-order valence-corrected chi connectivity index (χ2v) is 9.25. The largest absolute Gasteiger partial charge is 0.508 e. The van der Waals surface area contributed by atoms with Crippen LogP contribution in [0.15, 0.2) is 53.6 Å². The first-order valence-corrected chi connectivity index (χ1v) is 10.9. The Morgan fingerprint density at radius 2 is 1.93 bits per heavy atom. The van der Waals surface area contributed by atoms with Gasteiger partial charge in [-0.15, -0.1) is 0 Å². The molecule has 1 saturated carbocycles. The summed E-state index contributed by atoms with van der Waals surface area (Å²) < 4.78 is 0. The molecule has 1 aliphatic heterocycles. The Morgan fingerprint density at radius 3 is 2.63 bits per heavy atom. The van der Waals surface area contributed by atoms with Gasteiger partial charge in [0.2, 0.25) is 0 Å². The summed E-state index contributed by atoms with van der Waals surface area (Å²) in [4.78, 5) is 13.2. The lowest BCUT2D eigenvalue weighted by atomic mass is 9.76. The van der Waals surface area contributed by atoms with E-state index in [0.717, 1.165) is 38.5 Å². The van der Waals surface area contributed by atoms with Crippen LogP contribution in [0.4, 0.5) is 0 Å². The zero-order valence-electron chi connectivity index (χ0n) is 17.8. The molecule has 1 unspecified atom stereocenters. The zero-order valence-corrected chi connectivity index (χ0v) is 17.8. The van der Waals surface area contributed by atoms with Gasteiger partial charge in [0.1, 0.15) is 11.9 Å². The highest BCUT2D eigenvalue weighted by molar-refractivity contribution is 5.88. The van der Waals surface area contributed by atoms with Crippen molar-refractivity contribution in [2.75, 3.05) is 6.54 Å². The van der Waals surface area contributed by atoms with E-state index in [-0.39, 0.29) is 16.7 Å². The second kappa shape index (κ2) is 7.95. The van der Waals surface area contributed by atoms with Crippen molar-refractivity contribution in [2.45, 2.75) is 63.9 Å². The van der Waals surface area contributed by atoms with Crippen LogP contribution in [0.5, 0.6) is 0 Å². The minimum Gasteiger partial charge on any atom is -0.508 e. The van der Waals surface area contributed by atoms with Crippen LogP contribution in [0.3, 0.4) is 0 Å². The molecule has 5 heteroatoms. The number of aliphatic carboxylic acids is 1. The van der Waals surface area contributed by atoms with E-state index >= 15 is 0 Å². The summed E-state index contributed by atoms with van der Waals surface area (Å²) in [6, 6.07) is 6.87. The topological polar surface area (TPSA) is 81.0 Å². The van der Waals surface area contributed by atoms with Crippen molar-refractivity contribution < 1.29 is 20.1 Å². The molecule has 160 valence electrons. The Bertz CT molecular complexity index is 936. The van der Waals surface area contributed by atoms with Gasteiger partial charge in [-0.1, -0.05) is 49.6 Å². The van der Waals surface area contributed by atoms with Gasteiger partial charge in [-0.05, 0) is 55.2 Å². The van der Waals surface area contributed by atoms with E-state index in [0.29, 0.717) is 12.5 Å². The predicted molar refractivity (Wildman–Crippen MR) is 116 cm³/mol. The van der Waals surface area contributed by atoms with Crippen molar-refractivity contribution in [2.24, 2.45) is 5.92 Å². The van der Waals surface area contributed by atoms with Crippen molar-refractivity contribution in [3.63, 3.8) is 0 Å². The highest BCUT2D eigenvalue weighted by atomic mass is 16.4. The smallest absolute Gasteiger partial charge is 0.336 e. The van der Waals surface area contributed by atoms with E-state index in [1.165, 1.54) is 34.7 Å². The average molecular weight is 410 g/mol. The fraction of sp³-hybridized carbons (Fsp3) is 0.480. The number of fused-ring (bicyclic) bond motifs is 1. The van der Waals surface area contributed by atoms with E-state index in [2.05, 4.69) is 38.1 Å². The maximum atomic E-state index is 11.5. The number of hydrogen-bond donors (Lipinski definition) is 3. The molecule has 2 atom stereocenters. The molecular weight excluding hydrogens is 378 g/mol. The number of carboxylic acids is 1. The van der Waals surface area contributed by atoms with E-state index < -0.39 is 12.1 Å². The fourth-order valence-corrected chi connectivity index (χ4v) is 5.20. The number of benzene rings is 1. The van der Waals surface area contributed by atoms with Crippen molar-refractivity contribution >= 4 is 5.97 Å². The van der Waals surface area contributed by atoms with Crippen LogP contribution in [0, 0.1) is 5.92 Å². The lowest BCUT2D eigenvalue weighted by Gasteiger charge is -2.36. The molecule has 2 aliphatic carbocycles. The first-order chi connectivity index (χ1) is 14.3. The molecule has 4 rings (SSSR count). The second-order valence-electron chi connectivity index (χ2n) is 9.25. The highest BCUT2D eigenvalue weighted by Gasteiger charge is 2.39. The third-order valence-electron chi connectivity index (χ3n) is 7.24. The molecule has 3 N–H and O–H groups in total. The van der Waals surface area contributed by atoms with E-state index in [1.54, 1.807) is 4.90 Å². The molecule has 0 amide bonds. The summed E-state index contributed by atoms with van der Waals surface area (Å²) >= 11 is 0. The molecule has 1 aromatic rings. The van der Waals surface area contributed by atoms with Gasteiger partial charge in [0, 0.05) is 24.4 Å². The number of carbonyl (C=O) groups is 1. The van der Waals surface area contributed by atoms with Gasteiger partial charge in [-0.3, -0.25) is 0 Å². The molecule has 0 spiro atoms. The SMILES string of the molecule is CC1=CCc2ccc(C3(CN4C=C(O)C(O)C(C(=O)O)=C4)CCCC3)cc2C[C@@H]1C. The minimum atomic E-state index is -1.47. The maximum absolute atomic E-state index is 11.5. The number of hydrogen-bond acceptors (Lipinski definition) is 4. The van der Waals surface area contributed by atoms with Gasteiger partial charge in [-0.2, -0.15) is 0 Å². The van der Waals surface area contributed by atoms with Gasteiger partial charge in [0.25, 0.3) is 0 Å². The van der Waals surface area contributed by atoms with Crippen molar-refractivity contribution in [3.05, 3.63) is 70.3 Å². The lowest BCUT2D eigenvalue weighted by Crippen LogP contribution is -2.38. The minimum absolute atomic E-state index is 0.0910. The summed E-state index contributed by atoms with van der Waals surface area (Å²) in [5.41, 5.74) is 5.26. The average Bonchev–Trinajstić information content (AvgIpc) is 3.13. The number of allylic oxidation sites excluding steroid dienone is 2. The van der Waals surface area contributed by atoms with Gasteiger partial charge < -0.3 is 20.2 Å². The Balaban J connectivity index is 1.66.